The molecule has 1 saturated heterocycles. The summed E-state index contributed by atoms with van der Waals surface area (Å²) in [4.78, 5) is 46.0. The summed E-state index contributed by atoms with van der Waals surface area (Å²) >= 11 is 0. The molecule has 8 nitrogen and oxygen atoms in total. The Balaban J connectivity index is 2.54. The van der Waals surface area contributed by atoms with Crippen LogP contribution in [0.2, 0.25) is 0 Å². The summed E-state index contributed by atoms with van der Waals surface area (Å²) in [6, 6.07) is -1.63. The fourth-order valence-electron chi connectivity index (χ4n) is 1.67. The molecule has 2 unspecified atom stereocenters. The number of imide groups is 1. The summed E-state index contributed by atoms with van der Waals surface area (Å²) in [6.45, 7) is 2.99. The summed E-state index contributed by atoms with van der Waals surface area (Å²) in [5.74, 6) is -2.00. The molecule has 0 aliphatic carbocycles. The molecule has 8 heteroatoms. The third-order valence-corrected chi connectivity index (χ3v) is 2.85. The van der Waals surface area contributed by atoms with E-state index in [9.17, 15) is 19.2 Å². The van der Waals surface area contributed by atoms with Crippen LogP contribution in [0.1, 0.15) is 26.7 Å². The number of aliphatic carboxylic acids is 1. The largest absolute Gasteiger partial charge is 0.481 e. The van der Waals surface area contributed by atoms with E-state index in [0.717, 1.165) is 4.90 Å². The van der Waals surface area contributed by atoms with Gasteiger partial charge in [0.2, 0.25) is 11.8 Å². The number of carbonyl (C=O) groups is 4. The molecule has 0 spiro atoms. The number of amides is 4. The summed E-state index contributed by atoms with van der Waals surface area (Å²) < 4.78 is 0. The number of hydrogen-bond donors (Lipinski definition) is 3. The number of nitrogens with zero attached hydrogens (tertiary/aromatic N) is 1. The van der Waals surface area contributed by atoms with E-state index < -0.39 is 29.9 Å². The van der Waals surface area contributed by atoms with E-state index >= 15 is 0 Å². The van der Waals surface area contributed by atoms with Gasteiger partial charge in [-0.05, 0) is 20.3 Å². The van der Waals surface area contributed by atoms with Gasteiger partial charge < -0.3 is 15.3 Å². The molecule has 1 fully saturated rings. The molecule has 0 bridgehead atoms. The molecule has 19 heavy (non-hydrogen) atoms. The Bertz CT molecular complexity index is 409. The second-order valence-electron chi connectivity index (χ2n) is 4.50. The number of rotatable bonds is 4. The SMILES string of the molecule is CC(CCC(=O)O)NC(=O)N1CC(=O)NC(=O)C1C. The van der Waals surface area contributed by atoms with Gasteiger partial charge in [0.1, 0.15) is 12.6 Å². The maximum Gasteiger partial charge on any atom is 0.318 e. The molecule has 106 valence electrons. The Morgan fingerprint density at radius 3 is 2.74 bits per heavy atom. The third kappa shape index (κ3) is 4.23. The average Bonchev–Trinajstić information content (AvgIpc) is 2.31. The Morgan fingerprint density at radius 1 is 1.53 bits per heavy atom. The predicted molar refractivity (Wildman–Crippen MR) is 64.2 cm³/mol. The minimum absolute atomic E-state index is 0.0591. The van der Waals surface area contributed by atoms with Crippen molar-refractivity contribution in [2.24, 2.45) is 0 Å². The molecule has 1 heterocycles. The number of carboxylic acid groups (broad SMARTS) is 1. The third-order valence-electron chi connectivity index (χ3n) is 2.85. The molecule has 0 aromatic heterocycles. The fourth-order valence-corrected chi connectivity index (χ4v) is 1.67. The van der Waals surface area contributed by atoms with Crippen LogP contribution in [-0.4, -0.2) is 52.4 Å². The molecule has 0 radical (unpaired) electrons. The van der Waals surface area contributed by atoms with Gasteiger partial charge >= 0.3 is 12.0 Å². The van der Waals surface area contributed by atoms with E-state index in [0.29, 0.717) is 0 Å². The zero-order chi connectivity index (χ0) is 14.6. The average molecular weight is 271 g/mol. The number of piperazine rings is 1. The molecule has 0 saturated carbocycles. The Morgan fingerprint density at radius 2 is 2.16 bits per heavy atom. The molecule has 2 atom stereocenters. The minimum Gasteiger partial charge on any atom is -0.481 e. The second kappa shape index (κ2) is 6.17. The summed E-state index contributed by atoms with van der Waals surface area (Å²) in [5.41, 5.74) is 0. The maximum absolute atomic E-state index is 11.9. The second-order valence-corrected chi connectivity index (χ2v) is 4.50. The Labute approximate surface area is 110 Å². The molecule has 1 rings (SSSR count). The van der Waals surface area contributed by atoms with Crippen LogP contribution in [0.4, 0.5) is 4.79 Å². The van der Waals surface area contributed by atoms with Gasteiger partial charge in [0.05, 0.1) is 0 Å². The van der Waals surface area contributed by atoms with Crippen LogP contribution in [0.3, 0.4) is 0 Å². The highest BCUT2D eigenvalue weighted by molar-refractivity contribution is 6.03. The van der Waals surface area contributed by atoms with E-state index in [1.807, 2.05) is 0 Å². The lowest BCUT2D eigenvalue weighted by atomic mass is 10.2. The molecule has 3 N–H and O–H groups in total. The van der Waals surface area contributed by atoms with Gasteiger partial charge in [-0.15, -0.1) is 0 Å². The maximum atomic E-state index is 11.9. The van der Waals surface area contributed by atoms with Crippen molar-refractivity contribution in [3.8, 4) is 0 Å². The van der Waals surface area contributed by atoms with Gasteiger partial charge in [-0.2, -0.15) is 0 Å². The molecule has 4 amide bonds. The lowest BCUT2D eigenvalue weighted by Crippen LogP contribution is -2.61. The number of urea groups is 1. The zero-order valence-corrected chi connectivity index (χ0v) is 10.8. The van der Waals surface area contributed by atoms with E-state index in [1.54, 1.807) is 6.92 Å². The lowest BCUT2D eigenvalue weighted by molar-refractivity contribution is -0.138. The molecule has 0 aromatic carbocycles. The molecule has 0 aromatic rings. The van der Waals surface area contributed by atoms with Crippen molar-refractivity contribution in [2.45, 2.75) is 38.8 Å². The smallest absolute Gasteiger partial charge is 0.318 e. The van der Waals surface area contributed by atoms with Gasteiger partial charge in [-0.3, -0.25) is 19.7 Å². The first-order valence-corrected chi connectivity index (χ1v) is 5.94. The normalized spacial score (nSPS) is 20.7. The highest BCUT2D eigenvalue weighted by Crippen LogP contribution is 2.06. The van der Waals surface area contributed by atoms with Crippen LogP contribution >= 0.6 is 0 Å². The van der Waals surface area contributed by atoms with Crippen molar-refractivity contribution < 1.29 is 24.3 Å². The highest BCUT2D eigenvalue weighted by Gasteiger charge is 2.33. The number of carboxylic acids is 1. The van der Waals surface area contributed by atoms with E-state index in [1.165, 1.54) is 6.92 Å². The van der Waals surface area contributed by atoms with Gasteiger partial charge in [-0.25, -0.2) is 4.79 Å². The van der Waals surface area contributed by atoms with Crippen molar-refractivity contribution in [3.05, 3.63) is 0 Å². The standard InChI is InChI=1S/C11H17N3O5/c1-6(3-4-9(16)17)12-11(19)14-5-8(15)13-10(18)7(14)2/h6-7H,3-5H2,1-2H3,(H,12,19)(H,16,17)(H,13,15,18). The van der Waals surface area contributed by atoms with Crippen molar-refractivity contribution in [1.82, 2.24) is 15.5 Å². The first kappa shape index (κ1) is 14.9. The van der Waals surface area contributed by atoms with Crippen LogP contribution in [0.15, 0.2) is 0 Å². The van der Waals surface area contributed by atoms with Crippen LogP contribution in [0, 0.1) is 0 Å². The van der Waals surface area contributed by atoms with Crippen molar-refractivity contribution >= 4 is 23.8 Å². The molecule has 1 aliphatic heterocycles. The van der Waals surface area contributed by atoms with Crippen LogP contribution in [0.5, 0.6) is 0 Å². The number of nitrogens with one attached hydrogen (secondary N) is 2. The van der Waals surface area contributed by atoms with Gasteiger partial charge in [0.15, 0.2) is 0 Å². The van der Waals surface area contributed by atoms with Crippen LogP contribution in [-0.2, 0) is 14.4 Å². The predicted octanol–water partition coefficient (Wildman–Crippen LogP) is -0.704. The van der Waals surface area contributed by atoms with Crippen LogP contribution in [0.25, 0.3) is 0 Å². The first-order valence-electron chi connectivity index (χ1n) is 5.94. The molecular formula is C11H17N3O5. The molecule has 1 aliphatic rings. The fraction of sp³-hybridized carbons (Fsp3) is 0.636. The van der Waals surface area contributed by atoms with E-state index in [-0.39, 0.29) is 25.4 Å². The van der Waals surface area contributed by atoms with Crippen molar-refractivity contribution in [2.75, 3.05) is 6.54 Å². The van der Waals surface area contributed by atoms with Crippen LogP contribution < -0.4 is 10.6 Å². The summed E-state index contributed by atoms with van der Waals surface area (Å²) in [6.07, 6.45) is 0.222. The summed E-state index contributed by atoms with van der Waals surface area (Å²) in [5, 5.41) is 13.2. The van der Waals surface area contributed by atoms with Gasteiger partial charge in [0.25, 0.3) is 0 Å². The highest BCUT2D eigenvalue weighted by atomic mass is 16.4. The monoisotopic (exact) mass is 271 g/mol. The topological polar surface area (TPSA) is 116 Å². The van der Waals surface area contributed by atoms with Gasteiger partial charge in [0, 0.05) is 12.5 Å². The van der Waals surface area contributed by atoms with Gasteiger partial charge in [-0.1, -0.05) is 0 Å². The van der Waals surface area contributed by atoms with Crippen molar-refractivity contribution in [3.63, 3.8) is 0 Å². The minimum atomic E-state index is -0.943. The number of hydrogen-bond acceptors (Lipinski definition) is 4. The lowest BCUT2D eigenvalue weighted by Gasteiger charge is -2.32. The number of carbonyl (C=O) groups excluding carboxylic acids is 3. The van der Waals surface area contributed by atoms with Crippen molar-refractivity contribution in [1.29, 1.82) is 0 Å². The first-order chi connectivity index (χ1) is 8.81. The Hall–Kier alpha value is -2.12. The van der Waals surface area contributed by atoms with E-state index in [4.69, 9.17) is 5.11 Å². The molecular weight excluding hydrogens is 254 g/mol. The Kier molecular flexibility index (Phi) is 4.85. The quantitative estimate of drug-likeness (QED) is 0.584. The zero-order valence-electron chi connectivity index (χ0n) is 10.8. The summed E-state index contributed by atoms with van der Waals surface area (Å²) in [7, 11) is 0. The van der Waals surface area contributed by atoms with E-state index in [2.05, 4.69) is 10.6 Å².